The first-order valence-corrected chi connectivity index (χ1v) is 7.02. The fourth-order valence-corrected chi connectivity index (χ4v) is 3.54. The quantitative estimate of drug-likeness (QED) is 0.830. The minimum atomic E-state index is -1.30. The summed E-state index contributed by atoms with van der Waals surface area (Å²) in [5, 5.41) is 9.87. The van der Waals surface area contributed by atoms with E-state index in [0.29, 0.717) is 17.6 Å². The molecule has 3 rings (SSSR count). The van der Waals surface area contributed by atoms with E-state index >= 15 is 0 Å². The minimum absolute atomic E-state index is 0.195. The Bertz CT molecular complexity index is 530. The van der Waals surface area contributed by atoms with Crippen LogP contribution >= 0.6 is 0 Å². The summed E-state index contributed by atoms with van der Waals surface area (Å²) in [5.41, 5.74) is 2.00. The Labute approximate surface area is 114 Å². The molecule has 1 aromatic rings. The molecule has 0 saturated carbocycles. The van der Waals surface area contributed by atoms with Gasteiger partial charge in [-0.05, 0) is 57.4 Å². The molecule has 0 aromatic heterocycles. The first-order valence-electron chi connectivity index (χ1n) is 7.02. The monoisotopic (exact) mass is 259 g/mol. The molecule has 102 valence electrons. The number of hydrogen-bond acceptors (Lipinski definition) is 3. The summed E-state index contributed by atoms with van der Waals surface area (Å²) in [6.07, 6.45) is 3.63. The van der Waals surface area contributed by atoms with Gasteiger partial charge in [-0.1, -0.05) is 12.1 Å². The van der Waals surface area contributed by atoms with Crippen molar-refractivity contribution in [3.05, 3.63) is 34.9 Å². The number of Topliss-reactive ketones (excluding diaryl/α,β-unsaturated/α-hetero) is 1. The summed E-state index contributed by atoms with van der Waals surface area (Å²) in [7, 11) is 2.17. The summed E-state index contributed by atoms with van der Waals surface area (Å²) in [6, 6.07) is 6.92. The smallest absolute Gasteiger partial charge is 0.193 e. The van der Waals surface area contributed by atoms with E-state index in [0.717, 1.165) is 0 Å². The highest BCUT2D eigenvalue weighted by atomic mass is 16.3. The Hall–Kier alpha value is -1.19. The maximum Gasteiger partial charge on any atom is 0.193 e. The highest BCUT2D eigenvalue weighted by Crippen LogP contribution is 2.49. The predicted molar refractivity (Wildman–Crippen MR) is 74.2 cm³/mol. The highest BCUT2D eigenvalue weighted by molar-refractivity contribution is 6.02. The lowest BCUT2D eigenvalue weighted by molar-refractivity contribution is 0.0488. The zero-order chi connectivity index (χ0) is 13.8. The first kappa shape index (κ1) is 12.8. The number of aliphatic hydroxyl groups is 1. The third-order valence-electron chi connectivity index (χ3n) is 4.56. The summed E-state index contributed by atoms with van der Waals surface area (Å²) in [4.78, 5) is 14.6. The van der Waals surface area contributed by atoms with Crippen molar-refractivity contribution < 1.29 is 9.90 Å². The number of piperidine rings is 1. The minimum Gasteiger partial charge on any atom is -0.382 e. The van der Waals surface area contributed by atoms with Crippen molar-refractivity contribution in [1.29, 1.82) is 0 Å². The van der Waals surface area contributed by atoms with Gasteiger partial charge >= 0.3 is 0 Å². The average molecular weight is 259 g/mol. The third kappa shape index (κ3) is 1.92. The van der Waals surface area contributed by atoms with Crippen molar-refractivity contribution in [2.45, 2.75) is 50.8 Å². The second kappa shape index (κ2) is 4.15. The topological polar surface area (TPSA) is 40.5 Å². The molecular formula is C16H21NO2. The Kier molecular flexibility index (Phi) is 2.80. The summed E-state index contributed by atoms with van der Waals surface area (Å²) >= 11 is 0. The summed E-state index contributed by atoms with van der Waals surface area (Å²) in [5.74, 6) is -0.195. The van der Waals surface area contributed by atoms with Gasteiger partial charge in [0.15, 0.2) is 5.78 Å². The van der Waals surface area contributed by atoms with Crippen molar-refractivity contribution >= 4 is 5.78 Å². The standard InChI is InChI=1S/C16H21NO2/c1-16(2,19)15(18)10-7-8-11-12(9-10)14-6-4-5-13(11)17(14)3/h7-9,13-14,19H,4-6H2,1-3H3. The molecule has 0 aliphatic carbocycles. The lowest BCUT2D eigenvalue weighted by Gasteiger charge is -2.31. The van der Waals surface area contributed by atoms with E-state index in [2.05, 4.69) is 18.0 Å². The fraction of sp³-hybridized carbons (Fsp3) is 0.562. The van der Waals surface area contributed by atoms with E-state index in [4.69, 9.17) is 0 Å². The van der Waals surface area contributed by atoms with Gasteiger partial charge < -0.3 is 5.11 Å². The average Bonchev–Trinajstić information content (AvgIpc) is 2.52. The molecule has 2 bridgehead atoms. The number of ketones is 1. The molecule has 1 aromatic carbocycles. The largest absolute Gasteiger partial charge is 0.382 e. The second-order valence-corrected chi connectivity index (χ2v) is 6.36. The van der Waals surface area contributed by atoms with E-state index in [1.54, 1.807) is 13.8 Å². The number of rotatable bonds is 2. The van der Waals surface area contributed by atoms with Gasteiger partial charge in [0.1, 0.15) is 5.60 Å². The van der Waals surface area contributed by atoms with Crippen LogP contribution in [0.3, 0.4) is 0 Å². The molecule has 1 fully saturated rings. The molecule has 19 heavy (non-hydrogen) atoms. The molecule has 2 atom stereocenters. The number of benzene rings is 1. The Morgan fingerprint density at radius 3 is 2.53 bits per heavy atom. The van der Waals surface area contributed by atoms with E-state index in [9.17, 15) is 9.90 Å². The van der Waals surface area contributed by atoms with Crippen molar-refractivity contribution in [1.82, 2.24) is 4.90 Å². The summed E-state index contributed by atoms with van der Waals surface area (Å²) in [6.45, 7) is 3.10. The molecule has 2 unspecified atom stereocenters. The van der Waals surface area contributed by atoms with Crippen LogP contribution in [-0.2, 0) is 0 Å². The van der Waals surface area contributed by atoms with Crippen LogP contribution in [-0.4, -0.2) is 28.4 Å². The zero-order valence-corrected chi connectivity index (χ0v) is 11.8. The molecule has 3 heteroatoms. The molecule has 0 radical (unpaired) electrons. The Morgan fingerprint density at radius 1 is 1.26 bits per heavy atom. The zero-order valence-electron chi connectivity index (χ0n) is 11.8. The molecule has 1 saturated heterocycles. The van der Waals surface area contributed by atoms with E-state index in [1.807, 2.05) is 12.1 Å². The van der Waals surface area contributed by atoms with Gasteiger partial charge in [0.05, 0.1) is 0 Å². The van der Waals surface area contributed by atoms with E-state index in [-0.39, 0.29) is 5.78 Å². The fourth-order valence-electron chi connectivity index (χ4n) is 3.54. The second-order valence-electron chi connectivity index (χ2n) is 6.36. The van der Waals surface area contributed by atoms with Gasteiger partial charge in [-0.15, -0.1) is 0 Å². The van der Waals surface area contributed by atoms with Crippen LogP contribution in [0.4, 0.5) is 0 Å². The number of fused-ring (bicyclic) bond motifs is 5. The third-order valence-corrected chi connectivity index (χ3v) is 4.56. The molecule has 0 spiro atoms. The summed E-state index contributed by atoms with van der Waals surface area (Å²) < 4.78 is 0. The number of nitrogens with zero attached hydrogens (tertiary/aromatic N) is 1. The van der Waals surface area contributed by atoms with E-state index < -0.39 is 5.60 Å². The normalized spacial score (nSPS) is 26.3. The highest BCUT2D eigenvalue weighted by Gasteiger charge is 2.39. The van der Waals surface area contributed by atoms with Crippen LogP contribution in [0.1, 0.15) is 66.7 Å². The van der Waals surface area contributed by atoms with Crippen molar-refractivity contribution in [3.8, 4) is 0 Å². The maximum atomic E-state index is 12.2. The van der Waals surface area contributed by atoms with E-state index in [1.165, 1.54) is 30.4 Å². The Balaban J connectivity index is 2.03. The lowest BCUT2D eigenvalue weighted by Crippen LogP contribution is -2.31. The number of carbonyl (C=O) groups excluding carboxylic acids is 1. The molecule has 2 aliphatic rings. The molecule has 2 aliphatic heterocycles. The number of hydrogen-bond donors (Lipinski definition) is 1. The van der Waals surface area contributed by atoms with Crippen molar-refractivity contribution in [3.63, 3.8) is 0 Å². The van der Waals surface area contributed by atoms with Crippen LogP contribution < -0.4 is 0 Å². The van der Waals surface area contributed by atoms with Gasteiger partial charge in [0, 0.05) is 17.6 Å². The lowest BCUT2D eigenvalue weighted by atomic mass is 9.92. The van der Waals surface area contributed by atoms with Crippen LogP contribution in [0.15, 0.2) is 18.2 Å². The maximum absolute atomic E-state index is 12.2. The van der Waals surface area contributed by atoms with Gasteiger partial charge in [-0.25, -0.2) is 0 Å². The van der Waals surface area contributed by atoms with Gasteiger partial charge in [0.25, 0.3) is 0 Å². The van der Waals surface area contributed by atoms with Gasteiger partial charge in [-0.2, -0.15) is 0 Å². The molecular weight excluding hydrogens is 238 g/mol. The first-order chi connectivity index (χ1) is 8.89. The van der Waals surface area contributed by atoms with Crippen LogP contribution in [0.2, 0.25) is 0 Å². The number of carbonyl (C=O) groups is 1. The van der Waals surface area contributed by atoms with Gasteiger partial charge in [-0.3, -0.25) is 9.69 Å². The molecule has 0 amide bonds. The van der Waals surface area contributed by atoms with Gasteiger partial charge in [0.2, 0.25) is 0 Å². The molecule has 1 N–H and O–H groups in total. The predicted octanol–water partition coefficient (Wildman–Crippen LogP) is 2.85. The van der Waals surface area contributed by atoms with Crippen molar-refractivity contribution in [2.24, 2.45) is 0 Å². The SMILES string of the molecule is CN1C2CCCC1c1cc(C(=O)C(C)(C)O)ccc12. The van der Waals surface area contributed by atoms with Crippen LogP contribution in [0.25, 0.3) is 0 Å². The molecule has 3 nitrogen and oxygen atoms in total. The van der Waals surface area contributed by atoms with Crippen molar-refractivity contribution in [2.75, 3.05) is 7.05 Å². The van der Waals surface area contributed by atoms with Crippen LogP contribution in [0, 0.1) is 0 Å². The molecule has 2 heterocycles. The Morgan fingerprint density at radius 2 is 1.89 bits per heavy atom. The van der Waals surface area contributed by atoms with Crippen LogP contribution in [0.5, 0.6) is 0 Å².